The number of anilines is 4. The molecule has 0 saturated heterocycles. The summed E-state index contributed by atoms with van der Waals surface area (Å²) in [7, 11) is 0. The zero-order chi connectivity index (χ0) is 41.8. The van der Waals surface area contributed by atoms with Crippen molar-refractivity contribution < 1.29 is 28.9 Å². The normalized spacial score (nSPS) is 10.7. The number of hydrogen-bond donors (Lipinski definition) is 3. The van der Waals surface area contributed by atoms with Crippen molar-refractivity contribution in [2.24, 2.45) is 0 Å². The van der Waals surface area contributed by atoms with Crippen LogP contribution >= 0.6 is 0 Å². The molecular weight excluding hydrogens is 761 g/mol. The van der Waals surface area contributed by atoms with Gasteiger partial charge in [-0.25, -0.2) is 39.5 Å². The molecule has 8 rings (SSSR count). The highest BCUT2D eigenvalue weighted by Crippen LogP contribution is 2.30. The lowest BCUT2D eigenvalue weighted by Crippen LogP contribution is -2.08. The summed E-state index contributed by atoms with van der Waals surface area (Å²) in [5.41, 5.74) is 4.36. The van der Waals surface area contributed by atoms with E-state index in [0.29, 0.717) is 36.5 Å². The quantitative estimate of drug-likeness (QED) is 0.0938. The van der Waals surface area contributed by atoms with Crippen LogP contribution in [0.3, 0.4) is 0 Å². The number of ether oxygens (including phenoxy) is 3. The molecule has 0 fully saturated rings. The number of aromatic carboxylic acids is 1. The number of carboxylic acid groups (broad SMARTS) is 1. The number of fused-ring (bicyclic) bond motifs is 2. The van der Waals surface area contributed by atoms with Gasteiger partial charge in [0.15, 0.2) is 11.4 Å². The van der Waals surface area contributed by atoms with Crippen LogP contribution < -0.4 is 20.1 Å². The minimum atomic E-state index is -1.12. The van der Waals surface area contributed by atoms with Gasteiger partial charge in [0, 0.05) is 23.2 Å². The van der Waals surface area contributed by atoms with E-state index < -0.39 is 11.9 Å². The number of esters is 1. The van der Waals surface area contributed by atoms with Crippen LogP contribution in [-0.4, -0.2) is 53.6 Å². The summed E-state index contributed by atoms with van der Waals surface area (Å²) in [5.74, 6) is 2.10. The van der Waals surface area contributed by atoms with Crippen molar-refractivity contribution in [3.8, 4) is 11.5 Å². The van der Waals surface area contributed by atoms with E-state index in [4.69, 9.17) is 19.3 Å². The third kappa shape index (κ3) is 10.1. The van der Waals surface area contributed by atoms with Crippen molar-refractivity contribution >= 4 is 56.8 Å². The van der Waals surface area contributed by atoms with E-state index in [-0.39, 0.29) is 18.0 Å². The maximum Gasteiger partial charge on any atom is 0.358 e. The van der Waals surface area contributed by atoms with Gasteiger partial charge in [0.05, 0.1) is 31.4 Å². The Morgan fingerprint density at radius 3 is 1.45 bits per heavy atom. The Labute approximate surface area is 345 Å². The molecule has 0 aliphatic rings. The zero-order valence-electron chi connectivity index (χ0n) is 33.0. The number of carboxylic acids is 1. The van der Waals surface area contributed by atoms with Gasteiger partial charge in [-0.3, -0.25) is 0 Å². The standard InChI is InChI=1S/C24H22N4O3.C22H18N4O3/c1-3-30-24(29)20-13-27-23(14-26-20)28-22-12-17(10-11-25-22)15-31-21-9-8-16(2)18-6-4-5-7-19(18)21;1-14-6-7-19(17-5-3-2-4-16(14)17)29-13-15-8-9-23-20(10-15)26-21-12-24-18(11-25-21)22(27)28/h4-14H,3,15H2,1-2H3,(H,25,27,28);2-12H,13H2,1H3,(H,27,28)(H,23,25,26). The molecule has 0 saturated carbocycles. The molecule has 8 aromatic rings. The summed E-state index contributed by atoms with van der Waals surface area (Å²) < 4.78 is 17.1. The van der Waals surface area contributed by atoms with Crippen molar-refractivity contribution in [2.75, 3.05) is 17.2 Å². The van der Waals surface area contributed by atoms with Crippen LogP contribution in [0.25, 0.3) is 21.5 Å². The second-order valence-corrected chi connectivity index (χ2v) is 13.4. The molecule has 0 atom stereocenters. The van der Waals surface area contributed by atoms with Crippen molar-refractivity contribution in [2.45, 2.75) is 34.0 Å². The summed E-state index contributed by atoms with van der Waals surface area (Å²) in [5, 5.41) is 19.5. The van der Waals surface area contributed by atoms with Gasteiger partial charge in [-0.2, -0.15) is 0 Å². The van der Waals surface area contributed by atoms with Crippen molar-refractivity contribution in [3.63, 3.8) is 0 Å². The Hall–Kier alpha value is -8.00. The largest absolute Gasteiger partial charge is 0.488 e. The molecule has 60 heavy (non-hydrogen) atoms. The van der Waals surface area contributed by atoms with E-state index in [9.17, 15) is 9.59 Å². The first kappa shape index (κ1) is 40.2. The number of pyridine rings is 2. The minimum absolute atomic E-state index is 0.115. The van der Waals surface area contributed by atoms with E-state index in [1.807, 2.05) is 60.7 Å². The summed E-state index contributed by atoms with van der Waals surface area (Å²) in [6, 6.07) is 32.0. The average Bonchev–Trinajstić information content (AvgIpc) is 3.27. The Kier molecular flexibility index (Phi) is 12.7. The Morgan fingerprint density at radius 2 is 1.02 bits per heavy atom. The first-order valence-electron chi connectivity index (χ1n) is 18.9. The molecule has 0 spiro atoms. The molecule has 4 aromatic heterocycles. The highest BCUT2D eigenvalue weighted by molar-refractivity contribution is 5.92. The Bertz CT molecular complexity index is 2770. The molecule has 0 bridgehead atoms. The van der Waals surface area contributed by atoms with Crippen LogP contribution in [0.2, 0.25) is 0 Å². The van der Waals surface area contributed by atoms with E-state index in [1.54, 1.807) is 19.3 Å². The highest BCUT2D eigenvalue weighted by atomic mass is 16.5. The van der Waals surface area contributed by atoms with Crippen LogP contribution in [-0.2, 0) is 18.0 Å². The third-order valence-electron chi connectivity index (χ3n) is 9.16. The monoisotopic (exact) mass is 800 g/mol. The fourth-order valence-electron chi connectivity index (χ4n) is 6.15. The van der Waals surface area contributed by atoms with Gasteiger partial charge < -0.3 is 30.0 Å². The van der Waals surface area contributed by atoms with Gasteiger partial charge in [0.1, 0.15) is 48.0 Å². The number of hydrogen-bond acceptors (Lipinski definition) is 13. The van der Waals surface area contributed by atoms with Crippen LogP contribution in [0.15, 0.2) is 134 Å². The first-order chi connectivity index (χ1) is 29.2. The second kappa shape index (κ2) is 19.0. The van der Waals surface area contributed by atoms with Crippen LogP contribution in [0.4, 0.5) is 23.3 Å². The average molecular weight is 801 g/mol. The Balaban J connectivity index is 0.000000182. The molecule has 0 unspecified atom stereocenters. The molecule has 4 heterocycles. The van der Waals surface area contributed by atoms with Crippen LogP contribution in [0.1, 0.15) is 50.2 Å². The topological polar surface area (TPSA) is 183 Å². The zero-order valence-corrected chi connectivity index (χ0v) is 33.0. The predicted octanol–water partition coefficient (Wildman–Crippen LogP) is 9.19. The number of carbonyl (C=O) groups excluding carboxylic acids is 1. The maximum atomic E-state index is 11.7. The first-order valence-corrected chi connectivity index (χ1v) is 18.9. The van der Waals surface area contributed by atoms with Crippen molar-refractivity contribution in [1.82, 2.24) is 29.9 Å². The van der Waals surface area contributed by atoms with Gasteiger partial charge in [0.2, 0.25) is 0 Å². The number of nitrogens with zero attached hydrogens (tertiary/aromatic N) is 6. The van der Waals surface area contributed by atoms with Gasteiger partial charge in [-0.05, 0) is 90.2 Å². The molecule has 0 aliphatic carbocycles. The molecule has 14 heteroatoms. The molecule has 3 N–H and O–H groups in total. The van der Waals surface area contributed by atoms with Crippen molar-refractivity contribution in [3.05, 3.63) is 168 Å². The van der Waals surface area contributed by atoms with Gasteiger partial charge in [0.25, 0.3) is 0 Å². The lowest BCUT2D eigenvalue weighted by atomic mass is 10.0. The maximum absolute atomic E-state index is 11.7. The van der Waals surface area contributed by atoms with Gasteiger partial charge in [-0.15, -0.1) is 0 Å². The molecule has 0 amide bonds. The van der Waals surface area contributed by atoms with Crippen molar-refractivity contribution in [1.29, 1.82) is 0 Å². The summed E-state index contributed by atoms with van der Waals surface area (Å²) >= 11 is 0. The molecule has 300 valence electrons. The minimum Gasteiger partial charge on any atom is -0.488 e. The fourth-order valence-corrected chi connectivity index (χ4v) is 6.15. The number of rotatable bonds is 13. The summed E-state index contributed by atoms with van der Waals surface area (Å²) in [4.78, 5) is 47.2. The number of carbonyl (C=O) groups is 2. The van der Waals surface area contributed by atoms with E-state index in [1.165, 1.54) is 46.7 Å². The lowest BCUT2D eigenvalue weighted by molar-refractivity contribution is 0.0518. The summed E-state index contributed by atoms with van der Waals surface area (Å²) in [6.07, 6.45) is 8.76. The number of benzene rings is 4. The predicted molar refractivity (Wildman–Crippen MR) is 228 cm³/mol. The highest BCUT2D eigenvalue weighted by Gasteiger charge is 2.11. The number of aryl methyl sites for hydroxylation is 2. The van der Waals surface area contributed by atoms with Crippen LogP contribution in [0, 0.1) is 13.8 Å². The third-order valence-corrected chi connectivity index (χ3v) is 9.16. The lowest BCUT2D eigenvalue weighted by Gasteiger charge is -2.12. The molecule has 0 radical (unpaired) electrons. The van der Waals surface area contributed by atoms with Crippen LogP contribution in [0.5, 0.6) is 11.5 Å². The Morgan fingerprint density at radius 1 is 0.550 bits per heavy atom. The van der Waals surface area contributed by atoms with Gasteiger partial charge >= 0.3 is 11.9 Å². The molecule has 14 nitrogen and oxygen atoms in total. The molecular formula is C46H40N8O6. The SMILES string of the molecule is CCOC(=O)c1cnc(Nc2cc(COc3ccc(C)c4ccccc34)ccn2)cn1.Cc1ccc(OCc2ccnc(Nc3cnc(C(=O)O)cn3)c2)c2ccccc12. The number of aromatic nitrogens is 6. The van der Waals surface area contributed by atoms with E-state index in [0.717, 1.165) is 33.4 Å². The molecule has 4 aromatic carbocycles. The summed E-state index contributed by atoms with van der Waals surface area (Å²) in [6.45, 7) is 6.99. The number of nitrogens with one attached hydrogen (secondary N) is 2. The second-order valence-electron chi connectivity index (χ2n) is 13.4. The van der Waals surface area contributed by atoms with Gasteiger partial charge in [-0.1, -0.05) is 60.7 Å². The fraction of sp³-hybridized carbons (Fsp3) is 0.130. The van der Waals surface area contributed by atoms with E-state index >= 15 is 0 Å². The smallest absolute Gasteiger partial charge is 0.358 e. The molecule has 0 aliphatic heterocycles. The van der Waals surface area contributed by atoms with E-state index in [2.05, 4.69) is 90.8 Å².